The first-order valence-corrected chi connectivity index (χ1v) is 5.21. The summed E-state index contributed by atoms with van der Waals surface area (Å²) in [6.07, 6.45) is 0. The Balaban J connectivity index is 2.70. The molecule has 0 radical (unpaired) electrons. The van der Waals surface area contributed by atoms with Crippen molar-refractivity contribution in [1.29, 1.82) is 0 Å². The summed E-state index contributed by atoms with van der Waals surface area (Å²) in [7, 11) is 1.57. The number of aromatic nitrogens is 1. The van der Waals surface area contributed by atoms with E-state index >= 15 is 0 Å². The molecule has 0 spiro atoms. The highest BCUT2D eigenvalue weighted by molar-refractivity contribution is 6.68. The van der Waals surface area contributed by atoms with Gasteiger partial charge in [0.2, 0.25) is 0 Å². The third-order valence-corrected chi connectivity index (χ3v) is 2.68. The van der Waals surface area contributed by atoms with Gasteiger partial charge in [-0.1, -0.05) is 11.6 Å². The van der Waals surface area contributed by atoms with Gasteiger partial charge in [-0.25, -0.2) is 4.98 Å². The van der Waals surface area contributed by atoms with Crippen molar-refractivity contribution in [2.75, 3.05) is 7.11 Å². The molecule has 0 saturated heterocycles. The van der Waals surface area contributed by atoms with E-state index in [1.54, 1.807) is 31.4 Å². The Hall–Kier alpha value is -1.32. The van der Waals surface area contributed by atoms with Crippen LogP contribution in [0.15, 0.2) is 24.3 Å². The van der Waals surface area contributed by atoms with Crippen LogP contribution in [-0.2, 0) is 0 Å². The number of benzene rings is 1. The Kier molecular flexibility index (Phi) is 2.99. The number of ether oxygens (including phenoxy) is 1. The Morgan fingerprint density at radius 3 is 2.75 bits per heavy atom. The maximum absolute atomic E-state index is 11.1. The number of methoxy groups -OCH3 is 1. The molecule has 0 bridgehead atoms. The molecule has 2 aromatic rings. The van der Waals surface area contributed by atoms with Crippen molar-refractivity contribution in [3.63, 3.8) is 0 Å². The van der Waals surface area contributed by atoms with Gasteiger partial charge in [-0.3, -0.25) is 4.79 Å². The zero-order valence-corrected chi connectivity index (χ0v) is 9.84. The highest BCUT2D eigenvalue weighted by Gasteiger charge is 2.10. The topological polar surface area (TPSA) is 39.2 Å². The van der Waals surface area contributed by atoms with Crippen molar-refractivity contribution in [3.8, 4) is 5.75 Å². The van der Waals surface area contributed by atoms with E-state index in [0.29, 0.717) is 11.3 Å². The first-order chi connectivity index (χ1) is 7.61. The molecule has 2 rings (SSSR count). The van der Waals surface area contributed by atoms with Gasteiger partial charge >= 0.3 is 0 Å². The lowest BCUT2D eigenvalue weighted by Gasteiger charge is -2.04. The lowest BCUT2D eigenvalue weighted by Crippen LogP contribution is -1.94. The molecule has 0 unspecified atom stereocenters. The summed E-state index contributed by atoms with van der Waals surface area (Å²) in [5, 5.41) is 0.243. The van der Waals surface area contributed by atoms with Crippen molar-refractivity contribution in [1.82, 2.24) is 4.98 Å². The lowest BCUT2D eigenvalue weighted by atomic mass is 10.1. The maximum atomic E-state index is 11.1. The number of nitrogens with zero attached hydrogens (tertiary/aromatic N) is 1. The summed E-state index contributed by atoms with van der Waals surface area (Å²) < 4.78 is 5.07. The van der Waals surface area contributed by atoms with Crippen molar-refractivity contribution < 1.29 is 9.53 Å². The number of hydrogen-bond acceptors (Lipinski definition) is 3. The number of hydrogen-bond donors (Lipinski definition) is 0. The minimum Gasteiger partial charge on any atom is -0.497 e. The van der Waals surface area contributed by atoms with Crippen LogP contribution in [0.2, 0.25) is 5.15 Å². The third kappa shape index (κ3) is 1.96. The smallest absolute Gasteiger partial charge is 0.255 e. The highest BCUT2D eigenvalue weighted by Crippen LogP contribution is 2.25. The van der Waals surface area contributed by atoms with E-state index in [9.17, 15) is 4.79 Å². The van der Waals surface area contributed by atoms with E-state index in [1.807, 2.05) is 0 Å². The van der Waals surface area contributed by atoms with Gasteiger partial charge in [0.05, 0.1) is 18.2 Å². The molecule has 0 amide bonds. The Bertz CT molecular complexity index is 569. The third-order valence-electron chi connectivity index (χ3n) is 2.19. The molecule has 0 aliphatic carbocycles. The van der Waals surface area contributed by atoms with Gasteiger partial charge < -0.3 is 4.74 Å². The van der Waals surface area contributed by atoms with Crippen molar-refractivity contribution in [2.45, 2.75) is 0 Å². The predicted molar refractivity (Wildman–Crippen MR) is 63.5 cm³/mol. The minimum absolute atomic E-state index is 0.109. The van der Waals surface area contributed by atoms with Crippen LogP contribution in [0, 0.1) is 0 Å². The number of carbonyl (C=O) groups is 1. The average Bonchev–Trinajstić information content (AvgIpc) is 2.27. The molecule has 1 heterocycles. The molecule has 0 fully saturated rings. The fourth-order valence-electron chi connectivity index (χ4n) is 1.40. The highest BCUT2D eigenvalue weighted by atomic mass is 35.5. The van der Waals surface area contributed by atoms with E-state index in [1.165, 1.54) is 0 Å². The van der Waals surface area contributed by atoms with Crippen LogP contribution in [0.4, 0.5) is 0 Å². The molecular weight excluding hydrogens is 249 g/mol. The van der Waals surface area contributed by atoms with Crippen molar-refractivity contribution >= 4 is 39.3 Å². The van der Waals surface area contributed by atoms with Gasteiger partial charge in [-0.15, -0.1) is 0 Å². The van der Waals surface area contributed by atoms with E-state index in [-0.39, 0.29) is 10.7 Å². The molecule has 0 saturated carbocycles. The van der Waals surface area contributed by atoms with Crippen molar-refractivity contribution in [2.24, 2.45) is 0 Å². The second-order valence-electron chi connectivity index (χ2n) is 3.16. The molecule has 1 aromatic heterocycles. The van der Waals surface area contributed by atoms with Gasteiger partial charge in [-0.05, 0) is 35.9 Å². The first-order valence-electron chi connectivity index (χ1n) is 4.46. The van der Waals surface area contributed by atoms with Gasteiger partial charge in [-0.2, -0.15) is 0 Å². The van der Waals surface area contributed by atoms with Crippen LogP contribution in [-0.4, -0.2) is 17.3 Å². The SMILES string of the molecule is COc1ccc2nc(Cl)c(C(=O)Cl)cc2c1. The molecular formula is C11H7Cl2NO2. The quantitative estimate of drug-likeness (QED) is 0.611. The van der Waals surface area contributed by atoms with E-state index < -0.39 is 5.24 Å². The zero-order chi connectivity index (χ0) is 11.7. The fourth-order valence-corrected chi connectivity index (χ4v) is 1.82. The van der Waals surface area contributed by atoms with Crippen LogP contribution < -0.4 is 4.74 Å². The molecule has 0 aliphatic heterocycles. The number of fused-ring (bicyclic) bond motifs is 1. The van der Waals surface area contributed by atoms with Crippen LogP contribution in [0.3, 0.4) is 0 Å². The normalized spacial score (nSPS) is 10.4. The molecule has 0 atom stereocenters. The van der Waals surface area contributed by atoms with Crippen LogP contribution in [0.25, 0.3) is 10.9 Å². The molecule has 0 N–H and O–H groups in total. The first kappa shape index (κ1) is 11.2. The van der Waals surface area contributed by atoms with Crippen molar-refractivity contribution in [3.05, 3.63) is 35.0 Å². The average molecular weight is 256 g/mol. The summed E-state index contributed by atoms with van der Waals surface area (Å²) in [6, 6.07) is 6.90. The fraction of sp³-hybridized carbons (Fsp3) is 0.0909. The minimum atomic E-state index is -0.623. The number of carbonyl (C=O) groups excluding carboxylic acids is 1. The Labute approximate surface area is 102 Å². The van der Waals surface area contributed by atoms with Gasteiger partial charge in [0.1, 0.15) is 10.9 Å². The number of halogens is 2. The predicted octanol–water partition coefficient (Wildman–Crippen LogP) is 3.28. The second-order valence-corrected chi connectivity index (χ2v) is 3.86. The summed E-state index contributed by atoms with van der Waals surface area (Å²) in [5.41, 5.74) is 0.886. The van der Waals surface area contributed by atoms with Crippen LogP contribution >= 0.6 is 23.2 Å². The summed E-state index contributed by atoms with van der Waals surface area (Å²) in [4.78, 5) is 15.2. The molecule has 3 nitrogen and oxygen atoms in total. The Morgan fingerprint density at radius 2 is 2.12 bits per heavy atom. The zero-order valence-electron chi connectivity index (χ0n) is 8.33. The van der Waals surface area contributed by atoms with Gasteiger partial charge in [0.25, 0.3) is 5.24 Å². The van der Waals surface area contributed by atoms with E-state index in [4.69, 9.17) is 27.9 Å². The lowest BCUT2D eigenvalue weighted by molar-refractivity contribution is 0.108. The molecule has 82 valence electrons. The van der Waals surface area contributed by atoms with Crippen LogP contribution in [0.1, 0.15) is 10.4 Å². The van der Waals surface area contributed by atoms with E-state index in [2.05, 4.69) is 4.98 Å². The van der Waals surface area contributed by atoms with Gasteiger partial charge in [0, 0.05) is 5.39 Å². The monoisotopic (exact) mass is 255 g/mol. The summed E-state index contributed by atoms with van der Waals surface area (Å²) in [5.74, 6) is 0.685. The standard InChI is InChI=1S/C11H7Cl2NO2/c1-16-7-2-3-9-6(4-7)5-8(11(13)15)10(12)14-9/h2-5H,1H3. The second kappa shape index (κ2) is 4.28. The van der Waals surface area contributed by atoms with Gasteiger partial charge in [0.15, 0.2) is 0 Å². The summed E-state index contributed by atoms with van der Waals surface area (Å²) in [6.45, 7) is 0. The Morgan fingerprint density at radius 1 is 1.38 bits per heavy atom. The number of pyridine rings is 1. The molecule has 1 aromatic carbocycles. The maximum Gasteiger partial charge on any atom is 0.255 e. The van der Waals surface area contributed by atoms with Crippen LogP contribution in [0.5, 0.6) is 5.75 Å². The molecule has 5 heteroatoms. The van der Waals surface area contributed by atoms with E-state index in [0.717, 1.165) is 5.39 Å². The summed E-state index contributed by atoms with van der Waals surface area (Å²) >= 11 is 11.2. The molecule has 16 heavy (non-hydrogen) atoms. The largest absolute Gasteiger partial charge is 0.497 e. The number of rotatable bonds is 2. The molecule has 0 aliphatic rings.